The molecule has 0 bridgehead atoms. The number of nitrogens with zero attached hydrogens (tertiary/aromatic N) is 3. The summed E-state index contributed by atoms with van der Waals surface area (Å²) in [6.45, 7) is 5.40. The van der Waals surface area contributed by atoms with Crippen molar-refractivity contribution in [1.82, 2.24) is 19.3 Å². The van der Waals surface area contributed by atoms with E-state index < -0.39 is 11.3 Å². The SMILES string of the molecule is Cc1cccc(-n2c(C)nc3ccc(C(=O)c4c(C)[nH]n(C)c4=O)cc3c2=O)c1. The van der Waals surface area contributed by atoms with Crippen LogP contribution in [0.5, 0.6) is 0 Å². The Labute approximate surface area is 166 Å². The minimum Gasteiger partial charge on any atom is -0.299 e. The topological polar surface area (TPSA) is 89.8 Å². The number of carbonyl (C=O) groups excluding carboxylic acids is 1. The fourth-order valence-electron chi connectivity index (χ4n) is 3.61. The maximum absolute atomic E-state index is 13.2. The van der Waals surface area contributed by atoms with Gasteiger partial charge in [0, 0.05) is 18.3 Å². The molecule has 0 saturated carbocycles. The number of ketones is 1. The molecule has 0 aliphatic carbocycles. The fraction of sp³-hybridized carbons (Fsp3) is 0.182. The van der Waals surface area contributed by atoms with Crippen LogP contribution in [0.3, 0.4) is 0 Å². The molecule has 0 spiro atoms. The van der Waals surface area contributed by atoms with E-state index in [0.29, 0.717) is 28.1 Å². The Balaban J connectivity index is 1.93. The van der Waals surface area contributed by atoms with E-state index in [0.717, 1.165) is 5.56 Å². The summed E-state index contributed by atoms with van der Waals surface area (Å²) >= 11 is 0. The normalized spacial score (nSPS) is 11.2. The van der Waals surface area contributed by atoms with Gasteiger partial charge < -0.3 is 0 Å². The van der Waals surface area contributed by atoms with Gasteiger partial charge in [-0.15, -0.1) is 0 Å². The molecule has 2 aromatic heterocycles. The lowest BCUT2D eigenvalue weighted by molar-refractivity contribution is 0.103. The van der Waals surface area contributed by atoms with Crippen LogP contribution >= 0.6 is 0 Å². The molecule has 146 valence electrons. The summed E-state index contributed by atoms with van der Waals surface area (Å²) in [6.07, 6.45) is 0. The number of aryl methyl sites for hydroxylation is 4. The second-order valence-corrected chi connectivity index (χ2v) is 7.18. The minimum atomic E-state index is -0.423. The largest absolute Gasteiger partial charge is 0.299 e. The van der Waals surface area contributed by atoms with Crippen molar-refractivity contribution in [1.29, 1.82) is 0 Å². The van der Waals surface area contributed by atoms with Crippen molar-refractivity contribution in [3.63, 3.8) is 0 Å². The second kappa shape index (κ2) is 6.70. The first-order valence-corrected chi connectivity index (χ1v) is 9.18. The van der Waals surface area contributed by atoms with E-state index in [2.05, 4.69) is 10.1 Å². The van der Waals surface area contributed by atoms with Crippen molar-refractivity contribution in [3.8, 4) is 5.69 Å². The Morgan fingerprint density at radius 3 is 2.41 bits per heavy atom. The maximum atomic E-state index is 13.2. The van der Waals surface area contributed by atoms with E-state index in [1.54, 1.807) is 33.0 Å². The van der Waals surface area contributed by atoms with Crippen LogP contribution in [0.25, 0.3) is 16.6 Å². The van der Waals surface area contributed by atoms with Gasteiger partial charge in [-0.3, -0.25) is 28.7 Å². The molecule has 2 aromatic carbocycles. The lowest BCUT2D eigenvalue weighted by Crippen LogP contribution is -2.23. The molecule has 4 aromatic rings. The molecule has 0 aliphatic heterocycles. The highest BCUT2D eigenvalue weighted by molar-refractivity contribution is 6.10. The van der Waals surface area contributed by atoms with Crippen LogP contribution in [0.15, 0.2) is 52.1 Å². The molecule has 0 atom stereocenters. The standard InChI is InChI=1S/C22H20N4O3/c1-12-6-5-7-16(10-12)26-14(3)23-18-9-8-15(11-17(18)21(26)28)20(27)19-13(2)24-25(4)22(19)29/h5-11,24H,1-4H3. The van der Waals surface area contributed by atoms with Crippen LogP contribution in [0.1, 0.15) is 33.0 Å². The van der Waals surface area contributed by atoms with Crippen molar-refractivity contribution in [2.75, 3.05) is 0 Å². The molecule has 7 nitrogen and oxygen atoms in total. The zero-order valence-electron chi connectivity index (χ0n) is 16.6. The lowest BCUT2D eigenvalue weighted by atomic mass is 10.0. The van der Waals surface area contributed by atoms with Crippen LogP contribution in [-0.2, 0) is 7.05 Å². The van der Waals surface area contributed by atoms with E-state index in [-0.39, 0.29) is 16.7 Å². The highest BCUT2D eigenvalue weighted by atomic mass is 16.2. The Hall–Kier alpha value is -3.74. The number of hydrogen-bond acceptors (Lipinski definition) is 4. The van der Waals surface area contributed by atoms with Gasteiger partial charge in [-0.25, -0.2) is 4.98 Å². The van der Waals surface area contributed by atoms with Crippen LogP contribution < -0.4 is 11.1 Å². The first-order valence-electron chi connectivity index (χ1n) is 9.18. The number of aromatic nitrogens is 4. The molecule has 29 heavy (non-hydrogen) atoms. The molecule has 0 amide bonds. The summed E-state index contributed by atoms with van der Waals surface area (Å²) in [6, 6.07) is 12.3. The third-order valence-corrected chi connectivity index (χ3v) is 5.01. The van der Waals surface area contributed by atoms with Crippen molar-refractivity contribution in [2.45, 2.75) is 20.8 Å². The third-order valence-electron chi connectivity index (χ3n) is 5.01. The zero-order valence-corrected chi connectivity index (χ0v) is 16.6. The molecule has 0 aliphatic rings. The first-order chi connectivity index (χ1) is 13.8. The third kappa shape index (κ3) is 3.00. The number of aromatic amines is 1. The first kappa shape index (κ1) is 18.6. The number of hydrogen-bond donors (Lipinski definition) is 1. The molecule has 0 fully saturated rings. The van der Waals surface area contributed by atoms with Gasteiger partial charge in [0.2, 0.25) is 0 Å². The highest BCUT2D eigenvalue weighted by Crippen LogP contribution is 2.17. The Morgan fingerprint density at radius 1 is 1.00 bits per heavy atom. The Kier molecular flexibility index (Phi) is 4.30. The molecule has 0 unspecified atom stereocenters. The summed E-state index contributed by atoms with van der Waals surface area (Å²) in [5, 5.41) is 3.15. The van der Waals surface area contributed by atoms with Gasteiger partial charge in [-0.05, 0) is 56.7 Å². The van der Waals surface area contributed by atoms with E-state index in [1.165, 1.54) is 15.3 Å². The summed E-state index contributed by atoms with van der Waals surface area (Å²) in [4.78, 5) is 43.0. The quantitative estimate of drug-likeness (QED) is 0.546. The summed E-state index contributed by atoms with van der Waals surface area (Å²) in [5.74, 6) is 0.135. The fourth-order valence-corrected chi connectivity index (χ4v) is 3.61. The number of H-pyrrole nitrogens is 1. The monoisotopic (exact) mass is 388 g/mol. The van der Waals surface area contributed by atoms with E-state index in [4.69, 9.17) is 0 Å². The van der Waals surface area contributed by atoms with Crippen molar-refractivity contribution in [3.05, 3.63) is 91.4 Å². The minimum absolute atomic E-state index is 0.0749. The van der Waals surface area contributed by atoms with Crippen molar-refractivity contribution >= 4 is 16.7 Å². The van der Waals surface area contributed by atoms with Crippen LogP contribution in [0.4, 0.5) is 0 Å². The van der Waals surface area contributed by atoms with Crippen molar-refractivity contribution < 1.29 is 4.79 Å². The molecule has 0 radical (unpaired) electrons. The molecule has 0 saturated heterocycles. The number of carbonyl (C=O) groups is 1. The summed E-state index contributed by atoms with van der Waals surface area (Å²) in [7, 11) is 1.56. The molecular formula is C22H20N4O3. The zero-order chi connectivity index (χ0) is 20.9. The molecule has 7 heteroatoms. The van der Waals surface area contributed by atoms with Crippen LogP contribution in [-0.4, -0.2) is 25.1 Å². The number of nitrogens with one attached hydrogen (secondary N) is 1. The van der Waals surface area contributed by atoms with Crippen LogP contribution in [0.2, 0.25) is 0 Å². The van der Waals surface area contributed by atoms with Gasteiger partial charge in [0.05, 0.1) is 16.6 Å². The second-order valence-electron chi connectivity index (χ2n) is 7.18. The van der Waals surface area contributed by atoms with Gasteiger partial charge in [0.25, 0.3) is 11.1 Å². The number of rotatable bonds is 3. The van der Waals surface area contributed by atoms with Crippen LogP contribution in [0, 0.1) is 20.8 Å². The number of benzene rings is 2. The molecule has 1 N–H and O–H groups in total. The van der Waals surface area contributed by atoms with Gasteiger partial charge in [-0.2, -0.15) is 0 Å². The molecule has 2 heterocycles. The Bertz CT molecular complexity index is 1410. The van der Waals surface area contributed by atoms with Crippen molar-refractivity contribution in [2.24, 2.45) is 7.05 Å². The highest BCUT2D eigenvalue weighted by Gasteiger charge is 2.20. The summed E-state index contributed by atoms with van der Waals surface area (Å²) in [5.41, 5.74) is 2.43. The summed E-state index contributed by atoms with van der Waals surface area (Å²) < 4.78 is 2.80. The molecular weight excluding hydrogens is 368 g/mol. The average molecular weight is 388 g/mol. The van der Waals surface area contributed by atoms with Gasteiger partial charge >= 0.3 is 0 Å². The Morgan fingerprint density at radius 2 is 1.76 bits per heavy atom. The lowest BCUT2D eigenvalue weighted by Gasteiger charge is -2.12. The van der Waals surface area contributed by atoms with Gasteiger partial charge in [-0.1, -0.05) is 12.1 Å². The van der Waals surface area contributed by atoms with E-state index in [1.807, 2.05) is 31.2 Å². The van der Waals surface area contributed by atoms with E-state index >= 15 is 0 Å². The predicted molar refractivity (Wildman–Crippen MR) is 111 cm³/mol. The van der Waals surface area contributed by atoms with Gasteiger partial charge in [0.1, 0.15) is 11.4 Å². The number of fused-ring (bicyclic) bond motifs is 1. The van der Waals surface area contributed by atoms with E-state index in [9.17, 15) is 14.4 Å². The average Bonchev–Trinajstić information content (AvgIpc) is 2.93. The molecule has 4 rings (SSSR count). The predicted octanol–water partition coefficient (Wildman–Crippen LogP) is 2.57. The van der Waals surface area contributed by atoms with Gasteiger partial charge in [0.15, 0.2) is 5.78 Å². The maximum Gasteiger partial charge on any atom is 0.277 e. The smallest absolute Gasteiger partial charge is 0.277 e.